The molecule has 0 bridgehead atoms. The van der Waals surface area contributed by atoms with Crippen LogP contribution in [0.25, 0.3) is 0 Å². The minimum Gasteiger partial charge on any atom is -0.352 e. The molecular formula is C17H27N3O. The predicted octanol–water partition coefficient (Wildman–Crippen LogP) is 2.86. The van der Waals surface area contributed by atoms with Crippen LogP contribution in [0, 0.1) is 6.92 Å². The molecule has 1 aliphatic heterocycles. The van der Waals surface area contributed by atoms with Gasteiger partial charge in [0, 0.05) is 11.2 Å². The number of carbonyl (C=O) groups excluding carboxylic acids is 1. The first-order chi connectivity index (χ1) is 9.61. The van der Waals surface area contributed by atoms with Gasteiger partial charge < -0.3 is 4.90 Å². The van der Waals surface area contributed by atoms with E-state index >= 15 is 0 Å². The Hall–Kier alpha value is -1.55. The van der Waals surface area contributed by atoms with Crippen LogP contribution >= 0.6 is 0 Å². The van der Waals surface area contributed by atoms with Crippen molar-refractivity contribution in [1.29, 1.82) is 0 Å². The van der Waals surface area contributed by atoms with Crippen LogP contribution in [0.4, 0.5) is 5.69 Å². The van der Waals surface area contributed by atoms with Gasteiger partial charge >= 0.3 is 0 Å². The fourth-order valence-corrected chi connectivity index (χ4v) is 3.88. The summed E-state index contributed by atoms with van der Waals surface area (Å²) in [6.07, 6.45) is 1.00. The summed E-state index contributed by atoms with van der Waals surface area (Å²) in [5.41, 5.74) is 5.19. The number of aryl methyl sites for hydroxylation is 1. The van der Waals surface area contributed by atoms with Gasteiger partial charge in [-0.25, -0.2) is 5.84 Å². The Bertz CT molecular complexity index is 563. The molecule has 0 fully saturated rings. The maximum Gasteiger partial charge on any atom is 0.259 e. The van der Waals surface area contributed by atoms with Crippen molar-refractivity contribution < 1.29 is 4.79 Å². The van der Waals surface area contributed by atoms with Gasteiger partial charge in [-0.1, -0.05) is 24.6 Å². The minimum atomic E-state index is -0.706. The van der Waals surface area contributed by atoms with Gasteiger partial charge in [0.1, 0.15) is 5.54 Å². The molecular weight excluding hydrogens is 262 g/mol. The number of fused-ring (bicyclic) bond motifs is 1. The maximum absolute atomic E-state index is 12.3. The van der Waals surface area contributed by atoms with Crippen molar-refractivity contribution in [1.82, 2.24) is 5.43 Å². The Morgan fingerprint density at radius 2 is 2.05 bits per heavy atom. The first-order valence-corrected chi connectivity index (χ1v) is 7.53. The first-order valence-electron chi connectivity index (χ1n) is 7.53. The fourth-order valence-electron chi connectivity index (χ4n) is 3.88. The Morgan fingerprint density at radius 1 is 1.43 bits per heavy atom. The molecule has 2 rings (SSSR count). The lowest BCUT2D eigenvalue weighted by molar-refractivity contribution is -0.126. The van der Waals surface area contributed by atoms with Crippen LogP contribution in [-0.4, -0.2) is 17.0 Å². The number of amides is 1. The van der Waals surface area contributed by atoms with Crippen LogP contribution < -0.4 is 16.2 Å². The number of hydrogen-bond donors (Lipinski definition) is 2. The van der Waals surface area contributed by atoms with E-state index in [0.717, 1.165) is 12.1 Å². The molecule has 0 radical (unpaired) electrons. The fraction of sp³-hybridized carbons (Fsp3) is 0.588. The van der Waals surface area contributed by atoms with E-state index in [-0.39, 0.29) is 11.4 Å². The summed E-state index contributed by atoms with van der Waals surface area (Å²) < 4.78 is 0. The van der Waals surface area contributed by atoms with E-state index in [1.807, 2.05) is 13.8 Å². The molecule has 1 heterocycles. The van der Waals surface area contributed by atoms with E-state index in [1.165, 1.54) is 11.1 Å². The van der Waals surface area contributed by atoms with E-state index in [4.69, 9.17) is 5.84 Å². The summed E-state index contributed by atoms with van der Waals surface area (Å²) in [4.78, 5) is 14.5. The van der Waals surface area contributed by atoms with Gasteiger partial charge in [0.15, 0.2) is 0 Å². The lowest BCUT2D eigenvalue weighted by atomic mass is 9.76. The lowest BCUT2D eigenvalue weighted by Gasteiger charge is -2.54. The molecule has 4 heteroatoms. The van der Waals surface area contributed by atoms with Crippen LogP contribution in [0.15, 0.2) is 18.2 Å². The van der Waals surface area contributed by atoms with Crippen LogP contribution in [-0.2, 0) is 4.79 Å². The number of hydrogen-bond acceptors (Lipinski definition) is 3. The molecule has 21 heavy (non-hydrogen) atoms. The highest BCUT2D eigenvalue weighted by atomic mass is 16.2. The minimum absolute atomic E-state index is 0.113. The van der Waals surface area contributed by atoms with E-state index in [9.17, 15) is 4.79 Å². The van der Waals surface area contributed by atoms with Crippen LogP contribution in [0.2, 0.25) is 0 Å². The smallest absolute Gasteiger partial charge is 0.259 e. The van der Waals surface area contributed by atoms with E-state index < -0.39 is 5.54 Å². The van der Waals surface area contributed by atoms with Crippen molar-refractivity contribution in [3.8, 4) is 0 Å². The third-order valence-electron chi connectivity index (χ3n) is 4.61. The Labute approximate surface area is 127 Å². The highest BCUT2D eigenvalue weighted by molar-refractivity contribution is 5.89. The third kappa shape index (κ3) is 2.53. The second-order valence-electron chi connectivity index (χ2n) is 7.35. The number of rotatable bonds is 2. The molecule has 3 N–H and O–H groups in total. The number of nitrogens with zero attached hydrogens (tertiary/aromatic N) is 1. The zero-order chi connectivity index (χ0) is 16.0. The molecule has 0 saturated heterocycles. The van der Waals surface area contributed by atoms with E-state index in [2.05, 4.69) is 56.2 Å². The van der Waals surface area contributed by atoms with Crippen molar-refractivity contribution in [2.75, 3.05) is 4.90 Å². The van der Waals surface area contributed by atoms with E-state index in [1.54, 1.807) is 0 Å². The molecule has 1 amide bonds. The molecule has 0 unspecified atom stereocenters. The van der Waals surface area contributed by atoms with Crippen LogP contribution in [0.1, 0.15) is 58.1 Å². The quantitative estimate of drug-likeness (QED) is 0.500. The molecule has 4 nitrogen and oxygen atoms in total. The Balaban J connectivity index is 2.63. The summed E-state index contributed by atoms with van der Waals surface area (Å²) in [6.45, 7) is 12.6. The largest absolute Gasteiger partial charge is 0.352 e. The molecule has 1 atom stereocenters. The maximum atomic E-state index is 12.3. The van der Waals surface area contributed by atoms with Crippen molar-refractivity contribution in [2.24, 2.45) is 5.84 Å². The monoisotopic (exact) mass is 289 g/mol. The highest BCUT2D eigenvalue weighted by Gasteiger charge is 2.46. The van der Waals surface area contributed by atoms with Gasteiger partial charge in [-0.3, -0.25) is 10.2 Å². The van der Waals surface area contributed by atoms with Crippen molar-refractivity contribution in [3.63, 3.8) is 0 Å². The molecule has 1 aliphatic rings. The Morgan fingerprint density at radius 3 is 2.62 bits per heavy atom. The topological polar surface area (TPSA) is 58.4 Å². The second-order valence-corrected chi connectivity index (χ2v) is 7.35. The lowest BCUT2D eigenvalue weighted by Crippen LogP contribution is -2.65. The molecule has 0 aliphatic carbocycles. The average Bonchev–Trinajstić information content (AvgIpc) is 2.37. The molecule has 1 aromatic rings. The van der Waals surface area contributed by atoms with E-state index in [0.29, 0.717) is 5.92 Å². The second kappa shape index (κ2) is 5.02. The molecule has 0 saturated carbocycles. The zero-order valence-corrected chi connectivity index (χ0v) is 13.9. The van der Waals surface area contributed by atoms with Gasteiger partial charge in [0.25, 0.3) is 5.91 Å². The van der Waals surface area contributed by atoms with Crippen LogP contribution in [0.3, 0.4) is 0 Å². The van der Waals surface area contributed by atoms with Gasteiger partial charge in [-0.15, -0.1) is 0 Å². The average molecular weight is 289 g/mol. The summed E-state index contributed by atoms with van der Waals surface area (Å²) in [7, 11) is 0. The Kier molecular flexibility index (Phi) is 3.79. The summed E-state index contributed by atoms with van der Waals surface area (Å²) in [5.74, 6) is 5.70. The SMILES string of the molecule is Cc1ccc2c(c1)[C@@H](C)CC(C)(C)N2C(C)(C)C(=O)NN. The predicted molar refractivity (Wildman–Crippen MR) is 87.2 cm³/mol. The summed E-state index contributed by atoms with van der Waals surface area (Å²) in [6, 6.07) is 6.47. The number of carbonyl (C=O) groups is 1. The van der Waals surface area contributed by atoms with Gasteiger partial charge in [0.05, 0.1) is 0 Å². The normalized spacial score (nSPS) is 20.9. The number of anilines is 1. The first kappa shape index (κ1) is 15.8. The molecule has 0 aromatic heterocycles. The highest BCUT2D eigenvalue weighted by Crippen LogP contribution is 2.46. The molecule has 0 spiro atoms. The third-order valence-corrected chi connectivity index (χ3v) is 4.61. The number of benzene rings is 1. The number of hydrazine groups is 1. The van der Waals surface area contributed by atoms with Gasteiger partial charge in [0.2, 0.25) is 0 Å². The molecule has 1 aromatic carbocycles. The number of nitrogens with two attached hydrogens (primary N) is 1. The number of nitrogens with one attached hydrogen (secondary N) is 1. The standard InChI is InChI=1S/C17H27N3O/c1-11-7-8-14-13(9-11)12(2)10-16(3,4)20(14)17(5,6)15(21)19-18/h7-9,12H,10,18H2,1-6H3,(H,19,21)/t12-/m0/s1. The van der Waals surface area contributed by atoms with Crippen LogP contribution in [0.5, 0.6) is 0 Å². The van der Waals surface area contributed by atoms with Gasteiger partial charge in [-0.2, -0.15) is 0 Å². The zero-order valence-electron chi connectivity index (χ0n) is 13.9. The van der Waals surface area contributed by atoms with Crippen molar-refractivity contribution in [2.45, 2.75) is 65.0 Å². The summed E-state index contributed by atoms with van der Waals surface area (Å²) >= 11 is 0. The molecule has 116 valence electrons. The summed E-state index contributed by atoms with van der Waals surface area (Å²) in [5, 5.41) is 0. The van der Waals surface area contributed by atoms with Crippen molar-refractivity contribution in [3.05, 3.63) is 29.3 Å². The van der Waals surface area contributed by atoms with Crippen molar-refractivity contribution >= 4 is 11.6 Å². The van der Waals surface area contributed by atoms with Gasteiger partial charge in [-0.05, 0) is 58.6 Å².